The zero-order chi connectivity index (χ0) is 17.2. The first kappa shape index (κ1) is 15.9. The molecule has 4 nitrogen and oxygen atoms in total. The number of carbonyl (C=O) groups excluding carboxylic acids is 1. The summed E-state index contributed by atoms with van der Waals surface area (Å²) in [6, 6.07) is 20.3. The minimum Gasteiger partial charge on any atom is -0.391 e. The van der Waals surface area contributed by atoms with Crippen LogP contribution in [0.1, 0.15) is 28.9 Å². The van der Waals surface area contributed by atoms with Crippen LogP contribution >= 0.6 is 0 Å². The number of benzene rings is 2. The molecule has 1 fully saturated rings. The maximum Gasteiger partial charge on any atom is 0.270 e. The Morgan fingerprint density at radius 3 is 2.64 bits per heavy atom. The number of rotatable bonds is 3. The monoisotopic (exact) mass is 334 g/mol. The van der Waals surface area contributed by atoms with Gasteiger partial charge in [-0.25, -0.2) is 0 Å². The predicted octanol–water partition coefficient (Wildman–Crippen LogP) is 3.29. The molecule has 1 amide bonds. The molecule has 3 aromatic rings. The highest BCUT2D eigenvalue weighted by Crippen LogP contribution is 2.24. The minimum atomic E-state index is -0.412. The molecule has 0 saturated carbocycles. The number of aromatic nitrogens is 1. The van der Waals surface area contributed by atoms with Gasteiger partial charge < -0.3 is 14.6 Å². The van der Waals surface area contributed by atoms with E-state index in [0.717, 1.165) is 29.3 Å². The summed E-state index contributed by atoms with van der Waals surface area (Å²) in [7, 11) is 0. The second-order valence-electron chi connectivity index (χ2n) is 6.71. The van der Waals surface area contributed by atoms with Gasteiger partial charge in [0.25, 0.3) is 5.91 Å². The van der Waals surface area contributed by atoms with Crippen molar-refractivity contribution in [3.05, 3.63) is 71.9 Å². The Bertz CT molecular complexity index is 885. The van der Waals surface area contributed by atoms with E-state index in [4.69, 9.17) is 0 Å². The number of aliphatic hydroxyl groups excluding tert-OH is 1. The Morgan fingerprint density at radius 1 is 1.08 bits per heavy atom. The largest absolute Gasteiger partial charge is 0.391 e. The van der Waals surface area contributed by atoms with Crippen LogP contribution < -0.4 is 0 Å². The lowest BCUT2D eigenvalue weighted by Crippen LogP contribution is -2.42. The minimum absolute atomic E-state index is 0.00545. The summed E-state index contributed by atoms with van der Waals surface area (Å²) in [5.41, 5.74) is 2.92. The summed E-state index contributed by atoms with van der Waals surface area (Å²) in [4.78, 5) is 14.9. The Balaban J connectivity index is 1.74. The molecule has 2 heterocycles. The molecule has 0 bridgehead atoms. The summed E-state index contributed by atoms with van der Waals surface area (Å²) in [6.07, 6.45) is 1.22. The Labute approximate surface area is 147 Å². The second-order valence-corrected chi connectivity index (χ2v) is 6.71. The number of likely N-dealkylation sites (tertiary alicyclic amines) is 1. The fraction of sp³-hybridized carbons (Fsp3) is 0.286. The van der Waals surface area contributed by atoms with Crippen LogP contribution in [-0.4, -0.2) is 39.7 Å². The van der Waals surface area contributed by atoms with Crippen molar-refractivity contribution in [2.75, 3.05) is 13.1 Å². The lowest BCUT2D eigenvalue weighted by molar-refractivity contribution is 0.0466. The number of fused-ring (bicyclic) bond motifs is 1. The Kier molecular flexibility index (Phi) is 4.28. The fourth-order valence-corrected chi connectivity index (χ4v) is 3.63. The van der Waals surface area contributed by atoms with Crippen LogP contribution in [0.4, 0.5) is 0 Å². The topological polar surface area (TPSA) is 45.5 Å². The Morgan fingerprint density at radius 2 is 1.84 bits per heavy atom. The van der Waals surface area contributed by atoms with Crippen molar-refractivity contribution < 1.29 is 9.90 Å². The number of aliphatic hydroxyl groups is 1. The van der Waals surface area contributed by atoms with Gasteiger partial charge in [-0.15, -0.1) is 0 Å². The summed E-state index contributed by atoms with van der Waals surface area (Å²) >= 11 is 0. The highest BCUT2D eigenvalue weighted by atomic mass is 16.3. The van der Waals surface area contributed by atoms with E-state index in [1.54, 1.807) is 4.90 Å². The molecule has 1 N–H and O–H groups in total. The molecular weight excluding hydrogens is 312 g/mol. The molecule has 2 aromatic carbocycles. The summed E-state index contributed by atoms with van der Waals surface area (Å²) in [6.45, 7) is 1.79. The second kappa shape index (κ2) is 6.73. The van der Waals surface area contributed by atoms with Crippen LogP contribution in [0.25, 0.3) is 10.9 Å². The maximum absolute atomic E-state index is 13.1. The first-order valence-electron chi connectivity index (χ1n) is 8.82. The molecule has 25 heavy (non-hydrogen) atoms. The third-order valence-electron chi connectivity index (χ3n) is 4.90. The van der Waals surface area contributed by atoms with E-state index in [1.165, 1.54) is 0 Å². The van der Waals surface area contributed by atoms with Gasteiger partial charge in [-0.3, -0.25) is 4.79 Å². The molecule has 1 atom stereocenters. The standard InChI is InChI=1S/C21H22N2O2/c24-18-10-6-12-22(15-18)21(25)20-13-17-9-4-5-11-19(17)23(20)14-16-7-2-1-3-8-16/h1-5,7-9,11,13,18,24H,6,10,12,14-15H2. The first-order chi connectivity index (χ1) is 12.2. The van der Waals surface area contributed by atoms with Gasteiger partial charge in [-0.05, 0) is 30.5 Å². The molecule has 1 aromatic heterocycles. The Hall–Kier alpha value is -2.59. The molecular formula is C21H22N2O2. The molecule has 128 valence electrons. The molecule has 0 radical (unpaired) electrons. The van der Waals surface area contributed by atoms with Gasteiger partial charge in [0.2, 0.25) is 0 Å². The van der Waals surface area contributed by atoms with Gasteiger partial charge in [-0.1, -0.05) is 48.5 Å². The number of carbonyl (C=O) groups is 1. The van der Waals surface area contributed by atoms with Gasteiger partial charge in [0, 0.05) is 30.5 Å². The van der Waals surface area contributed by atoms with E-state index < -0.39 is 6.10 Å². The summed E-state index contributed by atoms with van der Waals surface area (Å²) < 4.78 is 2.09. The van der Waals surface area contributed by atoms with Crippen molar-refractivity contribution in [3.63, 3.8) is 0 Å². The maximum atomic E-state index is 13.1. The molecule has 0 spiro atoms. The highest BCUT2D eigenvalue weighted by Gasteiger charge is 2.26. The molecule has 1 aliphatic rings. The number of hydrogen-bond acceptors (Lipinski definition) is 2. The van der Waals surface area contributed by atoms with E-state index in [9.17, 15) is 9.90 Å². The van der Waals surface area contributed by atoms with E-state index in [0.29, 0.717) is 25.3 Å². The summed E-state index contributed by atoms with van der Waals surface area (Å²) in [5.74, 6) is 0.00545. The van der Waals surface area contributed by atoms with Crippen molar-refractivity contribution >= 4 is 16.8 Å². The van der Waals surface area contributed by atoms with Crippen LogP contribution in [-0.2, 0) is 6.54 Å². The van der Waals surface area contributed by atoms with Gasteiger partial charge >= 0.3 is 0 Å². The van der Waals surface area contributed by atoms with Gasteiger partial charge in [0.1, 0.15) is 5.69 Å². The number of nitrogens with zero attached hydrogens (tertiary/aromatic N) is 2. The normalized spacial score (nSPS) is 17.8. The quantitative estimate of drug-likeness (QED) is 0.799. The van der Waals surface area contributed by atoms with Crippen LogP contribution in [0.5, 0.6) is 0 Å². The lowest BCUT2D eigenvalue weighted by atomic mass is 10.1. The van der Waals surface area contributed by atoms with Gasteiger partial charge in [0.15, 0.2) is 0 Å². The van der Waals surface area contributed by atoms with Crippen molar-refractivity contribution in [1.82, 2.24) is 9.47 Å². The number of para-hydroxylation sites is 1. The van der Waals surface area contributed by atoms with Crippen LogP contribution in [0.15, 0.2) is 60.7 Å². The van der Waals surface area contributed by atoms with Crippen molar-refractivity contribution in [2.45, 2.75) is 25.5 Å². The smallest absolute Gasteiger partial charge is 0.270 e. The fourth-order valence-electron chi connectivity index (χ4n) is 3.63. The van der Waals surface area contributed by atoms with Crippen LogP contribution in [0.3, 0.4) is 0 Å². The van der Waals surface area contributed by atoms with Crippen molar-refractivity contribution in [1.29, 1.82) is 0 Å². The van der Waals surface area contributed by atoms with E-state index in [-0.39, 0.29) is 5.91 Å². The molecule has 4 heteroatoms. The number of amides is 1. The van der Waals surface area contributed by atoms with Crippen LogP contribution in [0.2, 0.25) is 0 Å². The van der Waals surface area contributed by atoms with E-state index >= 15 is 0 Å². The van der Waals surface area contributed by atoms with Crippen molar-refractivity contribution in [2.24, 2.45) is 0 Å². The molecule has 1 saturated heterocycles. The zero-order valence-corrected chi connectivity index (χ0v) is 14.1. The lowest BCUT2D eigenvalue weighted by Gasteiger charge is -2.30. The third kappa shape index (κ3) is 3.17. The number of hydrogen-bond donors (Lipinski definition) is 1. The third-order valence-corrected chi connectivity index (χ3v) is 4.90. The van der Waals surface area contributed by atoms with Crippen molar-refractivity contribution in [3.8, 4) is 0 Å². The van der Waals surface area contributed by atoms with Crippen LogP contribution in [0, 0.1) is 0 Å². The predicted molar refractivity (Wildman–Crippen MR) is 98.6 cm³/mol. The SMILES string of the molecule is O=C(c1cc2ccccc2n1Cc1ccccc1)N1CCCC(O)C1. The van der Waals surface area contributed by atoms with Gasteiger partial charge in [-0.2, -0.15) is 0 Å². The first-order valence-corrected chi connectivity index (χ1v) is 8.82. The molecule has 1 aliphatic heterocycles. The number of β-amino-alcohol motifs (C(OH)–C–C–N with tert-alkyl or cyclic N) is 1. The average Bonchev–Trinajstić information content (AvgIpc) is 3.01. The summed E-state index contributed by atoms with van der Waals surface area (Å²) in [5, 5.41) is 11.0. The van der Waals surface area contributed by atoms with Gasteiger partial charge in [0.05, 0.1) is 6.10 Å². The molecule has 4 rings (SSSR count). The molecule has 1 unspecified atom stereocenters. The number of piperidine rings is 1. The average molecular weight is 334 g/mol. The van der Waals surface area contributed by atoms with E-state index in [2.05, 4.69) is 22.8 Å². The molecule has 0 aliphatic carbocycles. The zero-order valence-electron chi connectivity index (χ0n) is 14.1. The van der Waals surface area contributed by atoms with E-state index in [1.807, 2.05) is 42.5 Å². The highest BCUT2D eigenvalue weighted by molar-refractivity contribution is 5.99.